The quantitative estimate of drug-likeness (QED) is 0.294. The molecule has 0 saturated carbocycles. The molecule has 0 saturated heterocycles. The van der Waals surface area contributed by atoms with Gasteiger partial charge in [-0.1, -0.05) is 12.2 Å². The number of nitrogens with zero attached hydrogens (tertiary/aromatic N) is 1. The van der Waals surface area contributed by atoms with Crippen LogP contribution in [0.1, 0.15) is 32.6 Å². The molecule has 0 atom stereocenters. The molecule has 0 aliphatic heterocycles. The lowest BCUT2D eigenvalue weighted by atomic mass is 10.1. The molecule has 2 N–H and O–H groups in total. The zero-order valence-electron chi connectivity index (χ0n) is 12.3. The van der Waals surface area contributed by atoms with Gasteiger partial charge in [0.1, 0.15) is 6.54 Å². The van der Waals surface area contributed by atoms with Crippen molar-refractivity contribution in [3.63, 3.8) is 0 Å². The zero-order chi connectivity index (χ0) is 16.3. The van der Waals surface area contributed by atoms with Gasteiger partial charge >= 0.3 is 11.9 Å². The minimum Gasteiger partial charge on any atom is -0.544 e. The Hall–Kier alpha value is -1.89. The molecule has 0 fully saturated rings. The lowest BCUT2D eigenvalue weighted by molar-refractivity contribution is -0.909. The standard InChI is InChI=1S/C14H23NO6/c1-2-3-4-5-6-7-8-15(9-12(16)17,10-13(18)19)11-14(20)21/h2-3H,4-11H2,1H3,(H2-,16,17,18,19,20,21)/b3-2+. The fourth-order valence-electron chi connectivity index (χ4n) is 2.31. The molecule has 0 amide bonds. The molecule has 0 aliphatic rings. The summed E-state index contributed by atoms with van der Waals surface area (Å²) in [6.45, 7) is 0.446. The van der Waals surface area contributed by atoms with E-state index < -0.39 is 42.0 Å². The zero-order valence-corrected chi connectivity index (χ0v) is 12.3. The molecule has 0 unspecified atom stereocenters. The van der Waals surface area contributed by atoms with E-state index in [0.29, 0.717) is 6.42 Å². The highest BCUT2D eigenvalue weighted by atomic mass is 16.4. The number of hydrogen-bond acceptors (Lipinski definition) is 4. The second-order valence-electron chi connectivity index (χ2n) is 5.12. The minimum atomic E-state index is -1.44. The number of carbonyl (C=O) groups excluding carboxylic acids is 1. The van der Waals surface area contributed by atoms with Crippen molar-refractivity contribution in [2.75, 3.05) is 26.2 Å². The molecule has 0 bridgehead atoms. The first-order valence-corrected chi connectivity index (χ1v) is 6.91. The molecule has 0 rings (SSSR count). The molecule has 7 nitrogen and oxygen atoms in total. The summed E-state index contributed by atoms with van der Waals surface area (Å²) in [4.78, 5) is 32.7. The molecule has 7 heteroatoms. The van der Waals surface area contributed by atoms with Gasteiger partial charge in [0.2, 0.25) is 0 Å². The van der Waals surface area contributed by atoms with Crippen LogP contribution in [-0.2, 0) is 14.4 Å². The molecule has 0 aromatic carbocycles. The lowest BCUT2D eigenvalue weighted by Crippen LogP contribution is -2.59. The van der Waals surface area contributed by atoms with E-state index in [1.54, 1.807) is 0 Å². The molecule has 0 aromatic rings. The van der Waals surface area contributed by atoms with E-state index in [1.165, 1.54) is 0 Å². The molecule has 21 heavy (non-hydrogen) atoms. The van der Waals surface area contributed by atoms with Crippen LogP contribution < -0.4 is 5.11 Å². The second kappa shape index (κ2) is 9.93. The topological polar surface area (TPSA) is 115 Å². The monoisotopic (exact) mass is 301 g/mol. The van der Waals surface area contributed by atoms with Crippen LogP contribution in [-0.4, -0.2) is 58.8 Å². The Balaban J connectivity index is 4.69. The number of allylic oxidation sites excluding steroid dienone is 2. The molecule has 0 aliphatic carbocycles. The molecule has 0 aromatic heterocycles. The first kappa shape index (κ1) is 19.1. The van der Waals surface area contributed by atoms with Crippen molar-refractivity contribution >= 4 is 17.9 Å². The summed E-state index contributed by atoms with van der Waals surface area (Å²) in [6, 6.07) is 0. The predicted octanol–water partition coefficient (Wildman–Crippen LogP) is -0.141. The summed E-state index contributed by atoms with van der Waals surface area (Å²) in [6.07, 6.45) is 7.11. The van der Waals surface area contributed by atoms with Gasteiger partial charge in [-0.3, -0.25) is 0 Å². The first-order chi connectivity index (χ1) is 9.81. The molecular weight excluding hydrogens is 278 g/mol. The Bertz CT molecular complexity index is 350. The normalized spacial score (nSPS) is 11.7. The highest BCUT2D eigenvalue weighted by Crippen LogP contribution is 2.11. The van der Waals surface area contributed by atoms with Crippen molar-refractivity contribution in [3.05, 3.63) is 12.2 Å². The van der Waals surface area contributed by atoms with Crippen LogP contribution in [0.3, 0.4) is 0 Å². The first-order valence-electron chi connectivity index (χ1n) is 6.91. The number of carboxylic acid groups (broad SMARTS) is 3. The van der Waals surface area contributed by atoms with Crippen LogP contribution in [0.25, 0.3) is 0 Å². The number of aliphatic carboxylic acids is 3. The SMILES string of the molecule is C/C=C/CCCCC[N+](CC(=O)[O-])(CC(=O)O)CC(=O)O. The van der Waals surface area contributed by atoms with Crippen LogP contribution in [0.5, 0.6) is 0 Å². The summed E-state index contributed by atoms with van der Waals surface area (Å²) in [7, 11) is 0. The van der Waals surface area contributed by atoms with Gasteiger partial charge < -0.3 is 24.6 Å². The van der Waals surface area contributed by atoms with Crippen LogP contribution in [0.15, 0.2) is 12.2 Å². The van der Waals surface area contributed by atoms with E-state index in [-0.39, 0.29) is 6.54 Å². The number of quaternary nitrogens is 1. The van der Waals surface area contributed by atoms with Crippen LogP contribution >= 0.6 is 0 Å². The van der Waals surface area contributed by atoms with Gasteiger partial charge in [-0.2, -0.15) is 0 Å². The van der Waals surface area contributed by atoms with Crippen molar-refractivity contribution in [2.24, 2.45) is 0 Å². The molecule has 120 valence electrons. The van der Waals surface area contributed by atoms with E-state index in [2.05, 4.69) is 0 Å². The summed E-state index contributed by atoms with van der Waals surface area (Å²) >= 11 is 0. The highest BCUT2D eigenvalue weighted by molar-refractivity contribution is 5.72. The van der Waals surface area contributed by atoms with Gasteiger partial charge in [0.15, 0.2) is 13.1 Å². The summed E-state index contributed by atoms with van der Waals surface area (Å²) < 4.78 is -0.517. The second-order valence-corrected chi connectivity index (χ2v) is 5.12. The Morgan fingerprint density at radius 1 is 1.00 bits per heavy atom. The molecular formula is C14H23NO6. The smallest absolute Gasteiger partial charge is 0.359 e. The van der Waals surface area contributed by atoms with Gasteiger partial charge in [0.05, 0.1) is 12.5 Å². The van der Waals surface area contributed by atoms with Gasteiger partial charge in [0.25, 0.3) is 0 Å². The molecule has 0 spiro atoms. The van der Waals surface area contributed by atoms with Crippen LogP contribution in [0, 0.1) is 0 Å². The number of rotatable bonds is 12. The predicted molar refractivity (Wildman–Crippen MR) is 73.3 cm³/mol. The van der Waals surface area contributed by atoms with Crippen LogP contribution in [0.2, 0.25) is 0 Å². The fraction of sp³-hybridized carbons (Fsp3) is 0.643. The van der Waals surface area contributed by atoms with Gasteiger partial charge in [-0.15, -0.1) is 0 Å². The van der Waals surface area contributed by atoms with Crippen molar-refractivity contribution in [2.45, 2.75) is 32.6 Å². The fourth-order valence-corrected chi connectivity index (χ4v) is 2.31. The highest BCUT2D eigenvalue weighted by Gasteiger charge is 2.33. The van der Waals surface area contributed by atoms with Crippen molar-refractivity contribution in [1.82, 2.24) is 0 Å². The number of unbranched alkanes of at least 4 members (excludes halogenated alkanes) is 3. The van der Waals surface area contributed by atoms with E-state index in [9.17, 15) is 19.5 Å². The Morgan fingerprint density at radius 3 is 2.00 bits per heavy atom. The average Bonchev–Trinajstić information content (AvgIpc) is 2.30. The van der Waals surface area contributed by atoms with E-state index in [0.717, 1.165) is 19.3 Å². The Morgan fingerprint density at radius 2 is 1.57 bits per heavy atom. The number of hydrogen-bond donors (Lipinski definition) is 2. The molecule has 0 heterocycles. The van der Waals surface area contributed by atoms with E-state index >= 15 is 0 Å². The maximum Gasteiger partial charge on any atom is 0.359 e. The number of carbonyl (C=O) groups is 3. The van der Waals surface area contributed by atoms with Crippen molar-refractivity contribution in [3.8, 4) is 0 Å². The van der Waals surface area contributed by atoms with E-state index in [4.69, 9.17) is 10.2 Å². The third-order valence-corrected chi connectivity index (χ3v) is 3.14. The Labute approximate surface area is 124 Å². The third kappa shape index (κ3) is 9.61. The van der Waals surface area contributed by atoms with Crippen molar-refractivity contribution in [1.29, 1.82) is 0 Å². The maximum atomic E-state index is 10.9. The van der Waals surface area contributed by atoms with Gasteiger partial charge in [0, 0.05) is 0 Å². The molecule has 0 radical (unpaired) electrons. The van der Waals surface area contributed by atoms with Crippen molar-refractivity contribution < 1.29 is 34.2 Å². The maximum absolute atomic E-state index is 10.9. The van der Waals surface area contributed by atoms with E-state index in [1.807, 2.05) is 19.1 Å². The summed E-state index contributed by atoms with van der Waals surface area (Å²) in [5.74, 6) is -3.87. The lowest BCUT2D eigenvalue weighted by Gasteiger charge is -2.36. The average molecular weight is 301 g/mol. The summed E-state index contributed by atoms with van der Waals surface area (Å²) in [5.41, 5.74) is 0. The largest absolute Gasteiger partial charge is 0.544 e. The van der Waals surface area contributed by atoms with Gasteiger partial charge in [-0.05, 0) is 32.6 Å². The minimum absolute atomic E-state index is 0.197. The Kier molecular flexibility index (Phi) is 9.03. The van der Waals surface area contributed by atoms with Gasteiger partial charge in [-0.25, -0.2) is 9.59 Å². The number of carboxylic acids is 3. The summed E-state index contributed by atoms with van der Waals surface area (Å²) in [5, 5.41) is 28.7. The van der Waals surface area contributed by atoms with Crippen LogP contribution in [0.4, 0.5) is 0 Å². The third-order valence-electron chi connectivity index (χ3n) is 3.14.